The van der Waals surface area contributed by atoms with E-state index in [-0.39, 0.29) is 11.4 Å². The summed E-state index contributed by atoms with van der Waals surface area (Å²) >= 11 is 0. The second-order valence-corrected chi connectivity index (χ2v) is 4.23. The van der Waals surface area contributed by atoms with Crippen molar-refractivity contribution >= 4 is 0 Å². The molecule has 0 aliphatic carbocycles. The van der Waals surface area contributed by atoms with Gasteiger partial charge < -0.3 is 0 Å². The number of benzene rings is 1. The van der Waals surface area contributed by atoms with Crippen LogP contribution >= 0.6 is 0 Å². The molecule has 4 nitrogen and oxygen atoms in total. The van der Waals surface area contributed by atoms with Crippen molar-refractivity contribution in [2.75, 3.05) is 0 Å². The molecule has 2 aromatic heterocycles. The first-order valence-corrected chi connectivity index (χ1v) is 6.00. The molecule has 0 unspecified atom stereocenters. The van der Waals surface area contributed by atoms with Crippen molar-refractivity contribution in [1.82, 2.24) is 15.2 Å². The van der Waals surface area contributed by atoms with Crippen molar-refractivity contribution in [2.24, 2.45) is 0 Å². The molecule has 2 heterocycles. The summed E-state index contributed by atoms with van der Waals surface area (Å²) in [6.45, 7) is 0. The van der Waals surface area contributed by atoms with Crippen LogP contribution in [0.1, 0.15) is 0 Å². The molecule has 0 aliphatic heterocycles. The minimum Gasteiger partial charge on any atom is -0.267 e. The maximum atomic E-state index is 13.0. The molecule has 0 amide bonds. The Morgan fingerprint density at radius 3 is 2.35 bits per heavy atom. The van der Waals surface area contributed by atoms with Crippen LogP contribution in [0.4, 0.5) is 4.39 Å². The van der Waals surface area contributed by atoms with Crippen molar-refractivity contribution in [1.29, 1.82) is 0 Å². The maximum absolute atomic E-state index is 13.0. The Bertz CT molecular complexity index is 782. The summed E-state index contributed by atoms with van der Waals surface area (Å²) in [5, 5.41) is 6.24. The van der Waals surface area contributed by atoms with Crippen LogP contribution in [-0.4, -0.2) is 15.2 Å². The highest BCUT2D eigenvalue weighted by Gasteiger charge is 2.12. The molecule has 0 fully saturated rings. The van der Waals surface area contributed by atoms with Gasteiger partial charge in [-0.05, 0) is 35.4 Å². The zero-order valence-electron chi connectivity index (χ0n) is 10.4. The van der Waals surface area contributed by atoms with Gasteiger partial charge in [0.05, 0.1) is 11.8 Å². The van der Waals surface area contributed by atoms with Crippen molar-refractivity contribution < 1.29 is 4.39 Å². The highest BCUT2D eigenvalue weighted by Crippen LogP contribution is 2.27. The zero-order chi connectivity index (χ0) is 13.9. The van der Waals surface area contributed by atoms with Gasteiger partial charge >= 0.3 is 0 Å². The summed E-state index contributed by atoms with van der Waals surface area (Å²) in [6.07, 6.45) is 4.79. The summed E-state index contributed by atoms with van der Waals surface area (Å²) in [5.74, 6) is -0.322. The number of pyridine rings is 1. The second kappa shape index (κ2) is 5.05. The van der Waals surface area contributed by atoms with Gasteiger partial charge in [-0.1, -0.05) is 12.1 Å². The second-order valence-electron chi connectivity index (χ2n) is 4.23. The van der Waals surface area contributed by atoms with Gasteiger partial charge in [0.2, 0.25) is 0 Å². The highest BCUT2D eigenvalue weighted by atomic mass is 19.1. The van der Waals surface area contributed by atoms with Crippen LogP contribution in [0.15, 0.2) is 59.8 Å². The molecule has 0 radical (unpaired) electrons. The molecule has 98 valence electrons. The van der Waals surface area contributed by atoms with Crippen molar-refractivity contribution in [3.8, 4) is 22.3 Å². The normalized spacial score (nSPS) is 10.4. The number of H-pyrrole nitrogens is 1. The zero-order valence-corrected chi connectivity index (χ0v) is 10.4. The van der Waals surface area contributed by atoms with E-state index in [4.69, 9.17) is 0 Å². The Morgan fingerprint density at radius 1 is 0.950 bits per heavy atom. The largest absolute Gasteiger partial charge is 0.272 e. The number of halogens is 1. The van der Waals surface area contributed by atoms with Gasteiger partial charge in [-0.2, -0.15) is 5.10 Å². The summed E-state index contributed by atoms with van der Waals surface area (Å²) in [7, 11) is 0. The lowest BCUT2D eigenvalue weighted by atomic mass is 9.98. The topological polar surface area (TPSA) is 58.6 Å². The molecule has 3 aromatic rings. The lowest BCUT2D eigenvalue weighted by Crippen LogP contribution is -2.12. The first-order valence-electron chi connectivity index (χ1n) is 6.00. The van der Waals surface area contributed by atoms with Gasteiger partial charge in [-0.3, -0.25) is 9.78 Å². The number of rotatable bonds is 2. The number of aromatic amines is 1. The minimum absolute atomic E-state index is 0.293. The fourth-order valence-corrected chi connectivity index (χ4v) is 2.05. The molecule has 3 rings (SSSR count). The Morgan fingerprint density at radius 2 is 1.65 bits per heavy atom. The van der Waals surface area contributed by atoms with Gasteiger partial charge in [0, 0.05) is 18.0 Å². The molecule has 1 aromatic carbocycles. The third-order valence-corrected chi connectivity index (χ3v) is 2.98. The van der Waals surface area contributed by atoms with E-state index in [1.807, 2.05) is 0 Å². The van der Waals surface area contributed by atoms with Gasteiger partial charge in [0.15, 0.2) is 0 Å². The van der Waals surface area contributed by atoms with Crippen molar-refractivity contribution in [3.05, 3.63) is 71.2 Å². The number of hydrogen-bond acceptors (Lipinski definition) is 3. The molecule has 20 heavy (non-hydrogen) atoms. The fourth-order valence-electron chi connectivity index (χ4n) is 2.05. The molecule has 0 aliphatic rings. The van der Waals surface area contributed by atoms with Crippen LogP contribution in [0, 0.1) is 5.82 Å². The smallest absolute Gasteiger partial charge is 0.267 e. The first-order chi connectivity index (χ1) is 9.75. The predicted octanol–water partition coefficient (Wildman–Crippen LogP) is 2.64. The third-order valence-electron chi connectivity index (χ3n) is 2.98. The molecule has 0 spiro atoms. The summed E-state index contributed by atoms with van der Waals surface area (Å²) < 4.78 is 13.0. The van der Waals surface area contributed by atoms with Gasteiger partial charge in [-0.25, -0.2) is 9.49 Å². The molecule has 0 saturated heterocycles. The monoisotopic (exact) mass is 267 g/mol. The SMILES string of the molecule is O=c1[nH]ncc(-c2ccc(F)cc2)c1-c1ccncc1. The van der Waals surface area contributed by atoms with E-state index in [0.29, 0.717) is 11.1 Å². The fraction of sp³-hybridized carbons (Fsp3) is 0. The molecule has 5 heteroatoms. The van der Waals surface area contributed by atoms with E-state index >= 15 is 0 Å². The molecule has 0 atom stereocenters. The average Bonchev–Trinajstić information content (AvgIpc) is 2.49. The number of aromatic nitrogens is 3. The molecule has 0 bridgehead atoms. The van der Waals surface area contributed by atoms with Crippen LogP contribution in [0.25, 0.3) is 22.3 Å². The standard InChI is InChI=1S/C15H10FN3O/c16-12-3-1-10(2-4-12)13-9-18-19-15(20)14(13)11-5-7-17-8-6-11/h1-9H,(H,19,20). The lowest BCUT2D eigenvalue weighted by Gasteiger charge is -2.08. The van der Waals surface area contributed by atoms with Crippen LogP contribution in [-0.2, 0) is 0 Å². The van der Waals surface area contributed by atoms with E-state index in [1.165, 1.54) is 12.1 Å². The van der Waals surface area contributed by atoms with E-state index in [2.05, 4.69) is 15.2 Å². The predicted molar refractivity (Wildman–Crippen MR) is 73.5 cm³/mol. The highest BCUT2D eigenvalue weighted by molar-refractivity contribution is 5.81. The minimum atomic E-state index is -0.322. The summed E-state index contributed by atoms with van der Waals surface area (Å²) in [4.78, 5) is 16.0. The van der Waals surface area contributed by atoms with E-state index in [0.717, 1.165) is 11.1 Å². The Kier molecular flexibility index (Phi) is 3.09. The Hall–Kier alpha value is -2.82. The average molecular weight is 267 g/mol. The summed E-state index contributed by atoms with van der Waals surface area (Å²) in [6, 6.07) is 9.45. The van der Waals surface area contributed by atoms with Crippen LogP contribution < -0.4 is 5.56 Å². The molecule has 1 N–H and O–H groups in total. The van der Waals surface area contributed by atoms with Crippen LogP contribution in [0.5, 0.6) is 0 Å². The quantitative estimate of drug-likeness (QED) is 0.776. The van der Waals surface area contributed by atoms with Crippen molar-refractivity contribution in [2.45, 2.75) is 0 Å². The van der Waals surface area contributed by atoms with Crippen LogP contribution in [0.2, 0.25) is 0 Å². The van der Waals surface area contributed by atoms with E-state index in [1.54, 1.807) is 42.9 Å². The van der Waals surface area contributed by atoms with Gasteiger partial charge in [0.1, 0.15) is 5.82 Å². The Balaban J connectivity index is 2.25. The Labute approximate surface area is 114 Å². The molecular formula is C15H10FN3O. The van der Waals surface area contributed by atoms with Gasteiger partial charge in [0.25, 0.3) is 5.56 Å². The number of nitrogens with one attached hydrogen (secondary N) is 1. The number of hydrogen-bond donors (Lipinski definition) is 1. The van der Waals surface area contributed by atoms with Gasteiger partial charge in [-0.15, -0.1) is 0 Å². The van der Waals surface area contributed by atoms with Crippen LogP contribution in [0.3, 0.4) is 0 Å². The summed E-state index contributed by atoms with van der Waals surface area (Å²) in [5.41, 5.74) is 2.33. The lowest BCUT2D eigenvalue weighted by molar-refractivity contribution is 0.628. The first kappa shape index (κ1) is 12.2. The number of nitrogens with zero attached hydrogens (tertiary/aromatic N) is 2. The maximum Gasteiger partial charge on any atom is 0.272 e. The molecular weight excluding hydrogens is 257 g/mol. The van der Waals surface area contributed by atoms with E-state index in [9.17, 15) is 9.18 Å². The molecule has 0 saturated carbocycles. The third kappa shape index (κ3) is 2.21. The van der Waals surface area contributed by atoms with E-state index < -0.39 is 0 Å². The van der Waals surface area contributed by atoms with Crippen molar-refractivity contribution in [3.63, 3.8) is 0 Å².